The van der Waals surface area contributed by atoms with E-state index in [1.165, 1.54) is 31.7 Å². The molecule has 0 unspecified atom stereocenters. The molecule has 0 aliphatic carbocycles. The van der Waals surface area contributed by atoms with Gasteiger partial charge >= 0.3 is 5.97 Å². The van der Waals surface area contributed by atoms with Crippen molar-refractivity contribution in [2.75, 3.05) is 6.61 Å². The minimum absolute atomic E-state index is 0.263. The molecule has 0 fully saturated rings. The second-order valence-corrected chi connectivity index (χ2v) is 5.95. The molecule has 0 amide bonds. The lowest BCUT2D eigenvalue weighted by atomic mass is 10.1. The van der Waals surface area contributed by atoms with Crippen LogP contribution in [0.2, 0.25) is 5.02 Å². The SMILES string of the molecule is CCCCCCCCOC(=O)c1ccc(SOOO)cc1Cl. The quantitative estimate of drug-likeness (QED) is 0.193. The minimum Gasteiger partial charge on any atom is -0.462 e. The third-order valence-electron chi connectivity index (χ3n) is 3.05. The van der Waals surface area contributed by atoms with Crippen molar-refractivity contribution in [1.29, 1.82) is 0 Å². The van der Waals surface area contributed by atoms with E-state index in [2.05, 4.69) is 16.3 Å². The number of hydrogen-bond donors (Lipinski definition) is 1. The zero-order valence-electron chi connectivity index (χ0n) is 12.5. The first-order chi connectivity index (χ1) is 10.7. The van der Waals surface area contributed by atoms with Crippen LogP contribution in [-0.4, -0.2) is 17.8 Å². The zero-order chi connectivity index (χ0) is 16.2. The molecule has 0 radical (unpaired) electrons. The third-order valence-corrected chi connectivity index (χ3v) is 3.94. The first kappa shape index (κ1) is 19.3. The van der Waals surface area contributed by atoms with Gasteiger partial charge in [0.25, 0.3) is 0 Å². The van der Waals surface area contributed by atoms with Crippen LogP contribution in [0.1, 0.15) is 55.8 Å². The standard InChI is InChI=1S/C15H21ClO5S/c1-2-3-4-5-6-7-10-19-15(17)13-9-8-12(11-14(13)16)22-21-20-18/h8-9,11,18H,2-7,10H2,1H3. The molecule has 0 bridgehead atoms. The lowest BCUT2D eigenvalue weighted by Gasteiger charge is -2.07. The number of ether oxygens (including phenoxy) is 1. The van der Waals surface area contributed by atoms with E-state index in [4.69, 9.17) is 21.6 Å². The summed E-state index contributed by atoms with van der Waals surface area (Å²) in [5.74, 6) is -0.436. The number of hydrogen-bond acceptors (Lipinski definition) is 6. The second kappa shape index (κ2) is 11.7. The van der Waals surface area contributed by atoms with Gasteiger partial charge in [0.15, 0.2) is 0 Å². The molecule has 0 spiro atoms. The van der Waals surface area contributed by atoms with Gasteiger partial charge in [0, 0.05) is 4.90 Å². The van der Waals surface area contributed by atoms with Crippen molar-refractivity contribution in [3.63, 3.8) is 0 Å². The van der Waals surface area contributed by atoms with Gasteiger partial charge in [-0.3, -0.25) is 0 Å². The van der Waals surface area contributed by atoms with Crippen molar-refractivity contribution in [3.05, 3.63) is 28.8 Å². The molecule has 7 heteroatoms. The normalized spacial score (nSPS) is 10.7. The molecule has 0 atom stereocenters. The first-order valence-electron chi connectivity index (χ1n) is 7.30. The molecule has 1 aromatic rings. The summed E-state index contributed by atoms with van der Waals surface area (Å²) in [6, 6.07) is 4.71. The van der Waals surface area contributed by atoms with Crippen molar-refractivity contribution in [1.82, 2.24) is 0 Å². The molecular weight excluding hydrogens is 328 g/mol. The Hall–Kier alpha value is -0.790. The van der Waals surface area contributed by atoms with Gasteiger partial charge in [0.05, 0.1) is 29.2 Å². The molecule has 124 valence electrons. The highest BCUT2D eigenvalue weighted by atomic mass is 35.5. The molecule has 5 nitrogen and oxygen atoms in total. The third kappa shape index (κ3) is 7.47. The minimum atomic E-state index is -0.436. The smallest absolute Gasteiger partial charge is 0.339 e. The number of carbonyl (C=O) groups is 1. The Morgan fingerprint density at radius 2 is 1.95 bits per heavy atom. The van der Waals surface area contributed by atoms with Crippen LogP contribution < -0.4 is 0 Å². The first-order valence-corrected chi connectivity index (χ1v) is 8.42. The summed E-state index contributed by atoms with van der Waals surface area (Å²) in [7, 11) is 0. The molecule has 0 aliphatic rings. The number of esters is 1. The van der Waals surface area contributed by atoms with Gasteiger partial charge in [-0.1, -0.05) is 55.7 Å². The Morgan fingerprint density at radius 3 is 2.64 bits per heavy atom. The number of carbonyl (C=O) groups excluding carboxylic acids is 1. The Labute approximate surface area is 140 Å². The number of benzene rings is 1. The molecular formula is C15H21ClO5S. The van der Waals surface area contributed by atoms with E-state index in [0.29, 0.717) is 17.1 Å². The lowest BCUT2D eigenvalue weighted by molar-refractivity contribution is -0.432. The van der Waals surface area contributed by atoms with Crippen molar-refractivity contribution in [2.45, 2.75) is 50.3 Å². The van der Waals surface area contributed by atoms with Crippen LogP contribution in [0.3, 0.4) is 0 Å². The molecule has 22 heavy (non-hydrogen) atoms. The van der Waals surface area contributed by atoms with Crippen LogP contribution in [-0.2, 0) is 14.1 Å². The van der Waals surface area contributed by atoms with Crippen LogP contribution in [0.4, 0.5) is 0 Å². The highest BCUT2D eigenvalue weighted by molar-refractivity contribution is 7.94. The Bertz CT molecular complexity index is 456. The summed E-state index contributed by atoms with van der Waals surface area (Å²) in [5.41, 5.74) is 0.307. The van der Waals surface area contributed by atoms with Crippen molar-refractivity contribution >= 4 is 29.6 Å². The average Bonchev–Trinajstić information content (AvgIpc) is 2.52. The monoisotopic (exact) mass is 348 g/mol. The van der Waals surface area contributed by atoms with Gasteiger partial charge in [-0.25, -0.2) is 10.1 Å². The Balaban J connectivity index is 2.33. The van der Waals surface area contributed by atoms with E-state index in [9.17, 15) is 4.79 Å². The van der Waals surface area contributed by atoms with Gasteiger partial charge in [-0.2, -0.15) is 0 Å². The maximum absolute atomic E-state index is 11.9. The van der Waals surface area contributed by atoms with Gasteiger partial charge < -0.3 is 4.74 Å². The Morgan fingerprint density at radius 1 is 1.23 bits per heavy atom. The van der Waals surface area contributed by atoms with Crippen LogP contribution in [0.15, 0.2) is 23.1 Å². The summed E-state index contributed by atoms with van der Waals surface area (Å²) in [5, 5.41) is 11.8. The van der Waals surface area contributed by atoms with Gasteiger partial charge in [-0.15, -0.1) is 4.33 Å². The van der Waals surface area contributed by atoms with Crippen molar-refractivity contribution < 1.29 is 24.2 Å². The fourth-order valence-electron chi connectivity index (χ4n) is 1.89. The fraction of sp³-hybridized carbons (Fsp3) is 0.533. The molecule has 1 rings (SSSR count). The van der Waals surface area contributed by atoms with E-state index < -0.39 is 5.97 Å². The van der Waals surface area contributed by atoms with Crippen LogP contribution in [0, 0.1) is 0 Å². The van der Waals surface area contributed by atoms with Crippen molar-refractivity contribution in [3.8, 4) is 0 Å². The topological polar surface area (TPSA) is 65.0 Å². The van der Waals surface area contributed by atoms with Gasteiger partial charge in [0.1, 0.15) is 0 Å². The largest absolute Gasteiger partial charge is 0.462 e. The average molecular weight is 349 g/mol. The van der Waals surface area contributed by atoms with Crippen LogP contribution >= 0.6 is 23.6 Å². The van der Waals surface area contributed by atoms with Crippen LogP contribution in [0.25, 0.3) is 0 Å². The highest BCUT2D eigenvalue weighted by Crippen LogP contribution is 2.26. The molecule has 0 aliphatic heterocycles. The number of rotatable bonds is 11. The second-order valence-electron chi connectivity index (χ2n) is 4.77. The summed E-state index contributed by atoms with van der Waals surface area (Å²) in [6.07, 6.45) is 6.81. The van der Waals surface area contributed by atoms with E-state index >= 15 is 0 Å². The van der Waals surface area contributed by atoms with E-state index in [0.717, 1.165) is 24.9 Å². The fourth-order valence-corrected chi connectivity index (χ4v) is 2.61. The molecule has 1 N–H and O–H groups in total. The summed E-state index contributed by atoms with van der Waals surface area (Å²) in [6.45, 7) is 2.58. The maximum atomic E-state index is 11.9. The molecule has 1 aromatic carbocycles. The summed E-state index contributed by atoms with van der Waals surface area (Å²) in [4.78, 5) is 12.5. The molecule has 0 saturated heterocycles. The summed E-state index contributed by atoms with van der Waals surface area (Å²) < 4.78 is 9.50. The van der Waals surface area contributed by atoms with Crippen LogP contribution in [0.5, 0.6) is 0 Å². The molecule has 0 heterocycles. The number of unbranched alkanes of at least 4 members (excludes halogenated alkanes) is 5. The molecule has 0 aromatic heterocycles. The zero-order valence-corrected chi connectivity index (χ0v) is 14.1. The summed E-state index contributed by atoms with van der Waals surface area (Å²) >= 11 is 6.80. The highest BCUT2D eigenvalue weighted by Gasteiger charge is 2.12. The predicted octanol–water partition coefficient (Wildman–Crippen LogP) is 5.29. The van der Waals surface area contributed by atoms with Gasteiger partial charge in [-0.05, 0) is 24.6 Å². The Kier molecular flexibility index (Phi) is 10.3. The maximum Gasteiger partial charge on any atom is 0.339 e. The van der Waals surface area contributed by atoms with E-state index in [-0.39, 0.29) is 5.02 Å². The van der Waals surface area contributed by atoms with E-state index in [1.807, 2.05) is 0 Å². The van der Waals surface area contributed by atoms with Crippen molar-refractivity contribution in [2.24, 2.45) is 0 Å². The number of halogens is 1. The molecule has 0 saturated carbocycles. The van der Waals surface area contributed by atoms with Gasteiger partial charge in [0.2, 0.25) is 0 Å². The predicted molar refractivity (Wildman–Crippen MR) is 85.8 cm³/mol. The van der Waals surface area contributed by atoms with E-state index in [1.54, 1.807) is 12.1 Å². The lowest BCUT2D eigenvalue weighted by Crippen LogP contribution is -2.07.